The quantitative estimate of drug-likeness (QED) is 0.704. The van der Waals surface area contributed by atoms with Gasteiger partial charge in [-0.2, -0.15) is 0 Å². The van der Waals surface area contributed by atoms with Gasteiger partial charge in [0, 0.05) is 0 Å². The van der Waals surface area contributed by atoms with Crippen LogP contribution in [0.5, 0.6) is 11.5 Å². The van der Waals surface area contributed by atoms with Crippen LogP contribution in [0.15, 0.2) is 48.5 Å². The molecule has 0 aliphatic carbocycles. The minimum absolute atomic E-state index is 0.148. The molecule has 25 heavy (non-hydrogen) atoms. The summed E-state index contributed by atoms with van der Waals surface area (Å²) in [4.78, 5) is 12.1. The molecule has 1 atom stereocenters. The Bertz CT molecular complexity index is 667. The molecule has 2 aromatic carbocycles. The monoisotopic (exact) mass is 341 g/mol. The molecule has 0 saturated heterocycles. The number of carbonyl (C=O) groups excluding carboxylic acids is 1. The molecule has 0 unspecified atom stereocenters. The molecule has 0 bridgehead atoms. The first-order valence-electron chi connectivity index (χ1n) is 8.82. The van der Waals surface area contributed by atoms with Crippen molar-refractivity contribution in [1.82, 2.24) is 5.32 Å². The summed E-state index contributed by atoms with van der Waals surface area (Å²) in [5.74, 6) is 1.40. The molecule has 4 nitrogen and oxygen atoms in total. The zero-order valence-electron chi connectivity index (χ0n) is 15.2. The molecule has 2 aromatic rings. The standard InChI is InChI=1S/C21H27NO3/c1-4-7-18-10-12-19(13-11-18)24-15-14-22-21(23)17(3)25-20-9-6-5-8-16(20)2/h5-6,8-13,17H,4,7,14-15H2,1-3H3,(H,22,23)/t17-/m0/s1. The third-order valence-corrected chi connectivity index (χ3v) is 3.90. The van der Waals surface area contributed by atoms with E-state index in [0.717, 1.165) is 29.9 Å². The third kappa shape index (κ3) is 6.14. The van der Waals surface area contributed by atoms with Crippen LogP contribution in [0.2, 0.25) is 0 Å². The Kier molecular flexibility index (Phi) is 7.33. The van der Waals surface area contributed by atoms with E-state index in [1.807, 2.05) is 43.3 Å². The number of nitrogens with one attached hydrogen (secondary N) is 1. The Labute approximate surface area is 150 Å². The van der Waals surface area contributed by atoms with E-state index in [2.05, 4.69) is 24.4 Å². The van der Waals surface area contributed by atoms with E-state index in [4.69, 9.17) is 9.47 Å². The predicted molar refractivity (Wildman–Crippen MR) is 100 cm³/mol. The summed E-state index contributed by atoms with van der Waals surface area (Å²) < 4.78 is 11.4. The second kappa shape index (κ2) is 9.72. The summed E-state index contributed by atoms with van der Waals surface area (Å²) in [7, 11) is 0. The number of amides is 1. The Hall–Kier alpha value is -2.49. The number of aryl methyl sites for hydroxylation is 2. The van der Waals surface area contributed by atoms with Crippen LogP contribution < -0.4 is 14.8 Å². The highest BCUT2D eigenvalue weighted by molar-refractivity contribution is 5.80. The summed E-state index contributed by atoms with van der Waals surface area (Å²) in [5.41, 5.74) is 2.32. The molecule has 2 rings (SSSR count). The van der Waals surface area contributed by atoms with Crippen LogP contribution in [0.25, 0.3) is 0 Å². The average molecular weight is 341 g/mol. The van der Waals surface area contributed by atoms with E-state index in [0.29, 0.717) is 13.2 Å². The van der Waals surface area contributed by atoms with Crippen LogP contribution in [-0.2, 0) is 11.2 Å². The third-order valence-electron chi connectivity index (χ3n) is 3.90. The fourth-order valence-electron chi connectivity index (χ4n) is 2.46. The lowest BCUT2D eigenvalue weighted by Gasteiger charge is -2.16. The molecule has 0 spiro atoms. The first-order valence-corrected chi connectivity index (χ1v) is 8.82. The largest absolute Gasteiger partial charge is 0.492 e. The average Bonchev–Trinajstić information content (AvgIpc) is 2.62. The van der Waals surface area contributed by atoms with Gasteiger partial charge in [0.25, 0.3) is 5.91 Å². The van der Waals surface area contributed by atoms with E-state index in [1.54, 1.807) is 6.92 Å². The minimum Gasteiger partial charge on any atom is -0.492 e. The van der Waals surface area contributed by atoms with Gasteiger partial charge in [0.05, 0.1) is 6.54 Å². The fraction of sp³-hybridized carbons (Fsp3) is 0.381. The van der Waals surface area contributed by atoms with Gasteiger partial charge in [0.2, 0.25) is 0 Å². The highest BCUT2D eigenvalue weighted by atomic mass is 16.5. The second-order valence-electron chi connectivity index (χ2n) is 6.06. The summed E-state index contributed by atoms with van der Waals surface area (Å²) in [6.07, 6.45) is 1.67. The van der Waals surface area contributed by atoms with E-state index < -0.39 is 6.10 Å². The Balaban J connectivity index is 1.70. The highest BCUT2D eigenvalue weighted by Gasteiger charge is 2.14. The van der Waals surface area contributed by atoms with Crippen molar-refractivity contribution in [3.63, 3.8) is 0 Å². The summed E-state index contributed by atoms with van der Waals surface area (Å²) in [6, 6.07) is 15.8. The number of ether oxygens (including phenoxy) is 2. The smallest absolute Gasteiger partial charge is 0.260 e. The topological polar surface area (TPSA) is 47.6 Å². The minimum atomic E-state index is -0.547. The van der Waals surface area contributed by atoms with E-state index in [1.165, 1.54) is 5.56 Å². The lowest BCUT2D eigenvalue weighted by molar-refractivity contribution is -0.127. The number of para-hydroxylation sites is 1. The van der Waals surface area contributed by atoms with Crippen LogP contribution in [0.4, 0.5) is 0 Å². The van der Waals surface area contributed by atoms with Gasteiger partial charge >= 0.3 is 0 Å². The van der Waals surface area contributed by atoms with E-state index in [9.17, 15) is 4.79 Å². The number of rotatable bonds is 9. The first kappa shape index (κ1) is 18.8. The summed E-state index contributed by atoms with van der Waals surface area (Å²) >= 11 is 0. The Morgan fingerprint density at radius 2 is 1.84 bits per heavy atom. The fourth-order valence-corrected chi connectivity index (χ4v) is 2.46. The van der Waals surface area contributed by atoms with E-state index in [-0.39, 0.29) is 5.91 Å². The zero-order valence-corrected chi connectivity index (χ0v) is 15.2. The number of hydrogen-bond donors (Lipinski definition) is 1. The highest BCUT2D eigenvalue weighted by Crippen LogP contribution is 2.17. The molecular weight excluding hydrogens is 314 g/mol. The molecule has 134 valence electrons. The number of carbonyl (C=O) groups is 1. The molecule has 0 aliphatic rings. The van der Waals surface area contributed by atoms with Crippen LogP contribution in [-0.4, -0.2) is 25.2 Å². The van der Waals surface area contributed by atoms with Gasteiger partial charge in [-0.15, -0.1) is 0 Å². The van der Waals surface area contributed by atoms with Crippen molar-refractivity contribution in [2.24, 2.45) is 0 Å². The van der Waals surface area contributed by atoms with Gasteiger partial charge in [-0.3, -0.25) is 4.79 Å². The second-order valence-corrected chi connectivity index (χ2v) is 6.06. The van der Waals surface area contributed by atoms with Crippen molar-refractivity contribution >= 4 is 5.91 Å². The summed E-state index contributed by atoms with van der Waals surface area (Å²) in [6.45, 7) is 6.73. The zero-order chi connectivity index (χ0) is 18.1. The summed E-state index contributed by atoms with van der Waals surface area (Å²) in [5, 5.41) is 2.84. The van der Waals surface area contributed by atoms with Crippen LogP contribution >= 0.6 is 0 Å². The number of hydrogen-bond acceptors (Lipinski definition) is 3. The molecular formula is C21H27NO3. The van der Waals surface area contributed by atoms with Crippen molar-refractivity contribution < 1.29 is 14.3 Å². The van der Waals surface area contributed by atoms with Crippen LogP contribution in [0.1, 0.15) is 31.4 Å². The molecule has 0 fully saturated rings. The maximum atomic E-state index is 12.1. The Morgan fingerprint density at radius 3 is 2.52 bits per heavy atom. The van der Waals surface area contributed by atoms with Gasteiger partial charge in [-0.05, 0) is 49.6 Å². The number of benzene rings is 2. The molecule has 4 heteroatoms. The molecule has 1 N–H and O–H groups in total. The van der Waals surface area contributed by atoms with Gasteiger partial charge in [-0.25, -0.2) is 0 Å². The maximum absolute atomic E-state index is 12.1. The molecule has 1 amide bonds. The molecule has 0 heterocycles. The van der Waals surface area contributed by atoms with Crippen LogP contribution in [0.3, 0.4) is 0 Å². The van der Waals surface area contributed by atoms with Crippen molar-refractivity contribution in [3.05, 3.63) is 59.7 Å². The molecule has 0 radical (unpaired) electrons. The van der Waals surface area contributed by atoms with Crippen molar-refractivity contribution in [2.45, 2.75) is 39.7 Å². The maximum Gasteiger partial charge on any atom is 0.260 e. The lowest BCUT2D eigenvalue weighted by Crippen LogP contribution is -2.38. The van der Waals surface area contributed by atoms with Crippen molar-refractivity contribution in [2.75, 3.05) is 13.2 Å². The molecule has 0 aliphatic heterocycles. The van der Waals surface area contributed by atoms with Crippen molar-refractivity contribution in [3.8, 4) is 11.5 Å². The van der Waals surface area contributed by atoms with Crippen LogP contribution in [0, 0.1) is 6.92 Å². The van der Waals surface area contributed by atoms with E-state index >= 15 is 0 Å². The predicted octanol–water partition coefficient (Wildman–Crippen LogP) is 3.91. The SMILES string of the molecule is CCCc1ccc(OCCNC(=O)[C@H](C)Oc2ccccc2C)cc1. The van der Waals surface area contributed by atoms with Gasteiger partial charge in [0.15, 0.2) is 6.10 Å². The Morgan fingerprint density at radius 1 is 1.12 bits per heavy atom. The normalized spacial score (nSPS) is 11.6. The van der Waals surface area contributed by atoms with Gasteiger partial charge in [-0.1, -0.05) is 43.7 Å². The first-order chi connectivity index (χ1) is 12.1. The van der Waals surface area contributed by atoms with Crippen molar-refractivity contribution in [1.29, 1.82) is 0 Å². The van der Waals surface area contributed by atoms with Gasteiger partial charge in [0.1, 0.15) is 18.1 Å². The van der Waals surface area contributed by atoms with Gasteiger partial charge < -0.3 is 14.8 Å². The molecule has 0 saturated carbocycles. The molecule has 0 aromatic heterocycles. The lowest BCUT2D eigenvalue weighted by atomic mass is 10.1.